The summed E-state index contributed by atoms with van der Waals surface area (Å²) in [4.78, 5) is 11.2. The van der Waals surface area contributed by atoms with Gasteiger partial charge in [-0.3, -0.25) is 4.79 Å². The second-order valence-corrected chi connectivity index (χ2v) is 3.47. The van der Waals surface area contributed by atoms with Gasteiger partial charge in [0.25, 0.3) is 0 Å². The highest BCUT2D eigenvalue weighted by molar-refractivity contribution is 5.72. The molecule has 1 rings (SSSR count). The Hall–Kier alpha value is -1.31. The zero-order chi connectivity index (χ0) is 11.1. The predicted molar refractivity (Wildman–Crippen MR) is 60.7 cm³/mol. The molecule has 81 valence electrons. The second kappa shape index (κ2) is 6.23. The molecule has 0 heterocycles. The Morgan fingerprint density at radius 1 is 1.33 bits per heavy atom. The maximum absolute atomic E-state index is 11.2. The van der Waals surface area contributed by atoms with Gasteiger partial charge in [-0.05, 0) is 37.0 Å². The monoisotopic (exact) mass is 205 g/mol. The first-order valence-corrected chi connectivity index (χ1v) is 5.35. The predicted octanol–water partition coefficient (Wildman–Crippen LogP) is 3.16. The Labute approximate surface area is 91.3 Å². The maximum Gasteiger partial charge on any atom is 0.311 e. The van der Waals surface area contributed by atoms with Crippen molar-refractivity contribution in [3.8, 4) is 5.75 Å². The maximum atomic E-state index is 11.2. The summed E-state index contributed by atoms with van der Waals surface area (Å²) in [5.41, 5.74) is 1.22. The molecule has 0 fully saturated rings. The van der Waals surface area contributed by atoms with Gasteiger partial charge in [0, 0.05) is 6.42 Å². The average molecular weight is 205 g/mol. The van der Waals surface area contributed by atoms with E-state index in [2.05, 4.69) is 6.92 Å². The van der Waals surface area contributed by atoms with E-state index in [9.17, 15) is 4.79 Å². The van der Waals surface area contributed by atoms with Crippen LogP contribution in [0.2, 0.25) is 0 Å². The molecule has 0 aliphatic carbocycles. The minimum atomic E-state index is -0.164. The summed E-state index contributed by atoms with van der Waals surface area (Å²) >= 11 is 0. The first kappa shape index (κ1) is 11.8. The van der Waals surface area contributed by atoms with Crippen molar-refractivity contribution in [1.29, 1.82) is 0 Å². The molecule has 0 N–H and O–H groups in total. The lowest BCUT2D eigenvalue weighted by molar-refractivity contribution is -0.134. The number of hydrogen-bond donors (Lipinski definition) is 0. The van der Waals surface area contributed by atoms with Gasteiger partial charge in [0.15, 0.2) is 0 Å². The number of rotatable bonds is 5. The summed E-state index contributed by atoms with van der Waals surface area (Å²) in [5.74, 6) is 0.462. The fourth-order valence-electron chi connectivity index (χ4n) is 1.31. The topological polar surface area (TPSA) is 26.3 Å². The van der Waals surface area contributed by atoms with Crippen LogP contribution in [0.4, 0.5) is 0 Å². The fourth-order valence-corrected chi connectivity index (χ4v) is 1.31. The summed E-state index contributed by atoms with van der Waals surface area (Å²) < 4.78 is 5.13. The van der Waals surface area contributed by atoms with Gasteiger partial charge in [-0.1, -0.05) is 26.0 Å². The number of ether oxygens (including phenoxy) is 1. The SMILES string of the molecule is [CH2]CCc1ccc(OC(=O)CCC)cc1. The summed E-state index contributed by atoms with van der Waals surface area (Å²) in [5, 5.41) is 0. The van der Waals surface area contributed by atoms with Gasteiger partial charge in [0.1, 0.15) is 5.75 Å². The quantitative estimate of drug-likeness (QED) is 0.545. The highest BCUT2D eigenvalue weighted by Crippen LogP contribution is 2.14. The van der Waals surface area contributed by atoms with Crippen molar-refractivity contribution in [3.63, 3.8) is 0 Å². The third kappa shape index (κ3) is 4.15. The van der Waals surface area contributed by atoms with Crippen molar-refractivity contribution < 1.29 is 9.53 Å². The van der Waals surface area contributed by atoms with E-state index in [0.29, 0.717) is 12.2 Å². The molecule has 0 atom stereocenters. The van der Waals surface area contributed by atoms with Crippen LogP contribution in [0.25, 0.3) is 0 Å². The number of carbonyl (C=O) groups excluding carboxylic acids is 1. The van der Waals surface area contributed by atoms with Gasteiger partial charge in [-0.15, -0.1) is 0 Å². The van der Waals surface area contributed by atoms with Crippen LogP contribution in [-0.4, -0.2) is 5.97 Å². The lowest BCUT2D eigenvalue weighted by Gasteiger charge is -2.04. The van der Waals surface area contributed by atoms with Crippen LogP contribution >= 0.6 is 0 Å². The lowest BCUT2D eigenvalue weighted by atomic mass is 10.1. The van der Waals surface area contributed by atoms with Crippen LogP contribution in [0.3, 0.4) is 0 Å². The van der Waals surface area contributed by atoms with E-state index in [1.165, 1.54) is 5.56 Å². The Morgan fingerprint density at radius 3 is 2.53 bits per heavy atom. The molecule has 0 unspecified atom stereocenters. The van der Waals surface area contributed by atoms with Crippen molar-refractivity contribution in [3.05, 3.63) is 36.8 Å². The number of benzene rings is 1. The third-order valence-corrected chi connectivity index (χ3v) is 2.07. The van der Waals surface area contributed by atoms with E-state index in [0.717, 1.165) is 19.3 Å². The first-order valence-electron chi connectivity index (χ1n) is 5.35. The lowest BCUT2D eigenvalue weighted by Crippen LogP contribution is -2.06. The van der Waals surface area contributed by atoms with Crippen LogP contribution in [0.1, 0.15) is 31.7 Å². The van der Waals surface area contributed by atoms with Crippen molar-refractivity contribution in [2.24, 2.45) is 0 Å². The molecule has 0 amide bonds. The summed E-state index contributed by atoms with van der Waals surface area (Å²) in [6.45, 7) is 5.75. The van der Waals surface area contributed by atoms with E-state index >= 15 is 0 Å². The molecule has 1 aromatic carbocycles. The van der Waals surface area contributed by atoms with E-state index in [4.69, 9.17) is 4.74 Å². The zero-order valence-electron chi connectivity index (χ0n) is 9.16. The minimum Gasteiger partial charge on any atom is -0.427 e. The molecule has 1 aromatic rings. The minimum absolute atomic E-state index is 0.164. The number of aryl methyl sites for hydroxylation is 1. The Balaban J connectivity index is 2.52. The van der Waals surface area contributed by atoms with Crippen molar-refractivity contribution >= 4 is 5.97 Å². The van der Waals surface area contributed by atoms with E-state index in [1.54, 1.807) is 0 Å². The largest absolute Gasteiger partial charge is 0.427 e. The van der Waals surface area contributed by atoms with E-state index < -0.39 is 0 Å². The van der Waals surface area contributed by atoms with Crippen molar-refractivity contribution in [2.45, 2.75) is 32.6 Å². The summed E-state index contributed by atoms with van der Waals surface area (Å²) in [6, 6.07) is 7.61. The smallest absolute Gasteiger partial charge is 0.311 e. The van der Waals surface area contributed by atoms with Gasteiger partial charge in [0.05, 0.1) is 0 Å². The normalized spacial score (nSPS) is 10.0. The van der Waals surface area contributed by atoms with Crippen LogP contribution in [-0.2, 0) is 11.2 Å². The molecular formula is C13H17O2. The summed E-state index contributed by atoms with van der Waals surface area (Å²) in [6.07, 6.45) is 3.14. The van der Waals surface area contributed by atoms with Gasteiger partial charge < -0.3 is 4.74 Å². The molecular weight excluding hydrogens is 188 g/mol. The van der Waals surface area contributed by atoms with Crippen LogP contribution < -0.4 is 4.74 Å². The first-order chi connectivity index (χ1) is 7.26. The van der Waals surface area contributed by atoms with Crippen molar-refractivity contribution in [2.75, 3.05) is 0 Å². The Morgan fingerprint density at radius 2 is 2.00 bits per heavy atom. The van der Waals surface area contributed by atoms with Crippen LogP contribution in [0.5, 0.6) is 5.75 Å². The number of hydrogen-bond acceptors (Lipinski definition) is 2. The van der Waals surface area contributed by atoms with Gasteiger partial charge >= 0.3 is 5.97 Å². The van der Waals surface area contributed by atoms with Gasteiger partial charge in [-0.25, -0.2) is 0 Å². The fraction of sp³-hybridized carbons (Fsp3) is 0.385. The van der Waals surface area contributed by atoms with Crippen molar-refractivity contribution in [1.82, 2.24) is 0 Å². The highest BCUT2D eigenvalue weighted by Gasteiger charge is 2.02. The Bertz CT molecular complexity index is 301. The van der Waals surface area contributed by atoms with Crippen LogP contribution in [0, 0.1) is 6.92 Å². The average Bonchev–Trinajstić information content (AvgIpc) is 2.22. The molecule has 2 nitrogen and oxygen atoms in total. The molecule has 0 aliphatic rings. The molecule has 1 radical (unpaired) electrons. The van der Waals surface area contributed by atoms with Gasteiger partial charge in [0.2, 0.25) is 0 Å². The van der Waals surface area contributed by atoms with E-state index in [-0.39, 0.29) is 5.97 Å². The second-order valence-electron chi connectivity index (χ2n) is 3.47. The number of carbonyl (C=O) groups is 1. The molecule has 0 spiro atoms. The number of esters is 1. The zero-order valence-corrected chi connectivity index (χ0v) is 9.16. The molecule has 0 aliphatic heterocycles. The molecule has 0 saturated carbocycles. The Kier molecular flexibility index (Phi) is 4.88. The molecule has 2 heteroatoms. The van der Waals surface area contributed by atoms with Gasteiger partial charge in [-0.2, -0.15) is 0 Å². The van der Waals surface area contributed by atoms with E-state index in [1.807, 2.05) is 31.2 Å². The van der Waals surface area contributed by atoms with Crippen LogP contribution in [0.15, 0.2) is 24.3 Å². The third-order valence-electron chi connectivity index (χ3n) is 2.07. The molecule has 0 aromatic heterocycles. The standard InChI is InChI=1S/C13H17O2/c1-3-5-11-7-9-12(10-8-11)15-13(14)6-4-2/h7-10H,1,3-6H2,2H3. The molecule has 0 saturated heterocycles. The molecule has 15 heavy (non-hydrogen) atoms. The highest BCUT2D eigenvalue weighted by atomic mass is 16.5. The summed E-state index contributed by atoms with van der Waals surface area (Å²) in [7, 11) is 0. The molecule has 0 bridgehead atoms.